The Morgan fingerprint density at radius 1 is 1.41 bits per heavy atom. The highest BCUT2D eigenvalue weighted by atomic mass is 79.9. The van der Waals surface area contributed by atoms with Gasteiger partial charge in [0.15, 0.2) is 6.10 Å². The van der Waals surface area contributed by atoms with Crippen LogP contribution in [0, 0.1) is 0 Å². The lowest BCUT2D eigenvalue weighted by atomic mass is 10.1. The highest BCUT2D eigenvalue weighted by Crippen LogP contribution is 2.38. The van der Waals surface area contributed by atoms with E-state index in [1.54, 1.807) is 6.07 Å². The van der Waals surface area contributed by atoms with Crippen LogP contribution in [0.15, 0.2) is 28.7 Å². The first-order valence-electron chi connectivity index (χ1n) is 4.47. The first-order chi connectivity index (χ1) is 7.82. The summed E-state index contributed by atoms with van der Waals surface area (Å²) in [5.74, 6) is -1.45. The summed E-state index contributed by atoms with van der Waals surface area (Å²) < 4.78 is 42.7. The summed E-state index contributed by atoms with van der Waals surface area (Å²) in [5.41, 5.74) is -0.152. The molecule has 1 N–H and O–H groups in total. The zero-order valence-corrected chi connectivity index (χ0v) is 9.96. The molecule has 0 radical (unpaired) electrons. The molecule has 0 aromatic heterocycles. The molecule has 0 spiro atoms. The maximum absolute atomic E-state index is 12.7. The van der Waals surface area contributed by atoms with Crippen molar-refractivity contribution in [1.82, 2.24) is 0 Å². The molecule has 0 aliphatic rings. The molecule has 0 saturated heterocycles. The van der Waals surface area contributed by atoms with E-state index < -0.39 is 24.9 Å². The summed E-state index contributed by atoms with van der Waals surface area (Å²) in [6.45, 7) is -1.01. The number of carboxylic acid groups (broad SMARTS) is 1. The first-order valence-corrected chi connectivity index (χ1v) is 5.26. The Morgan fingerprint density at radius 2 is 2.00 bits per heavy atom. The molecule has 1 rings (SSSR count). The van der Waals surface area contributed by atoms with Crippen LogP contribution in [0.4, 0.5) is 13.2 Å². The maximum atomic E-state index is 12.7. The van der Waals surface area contributed by atoms with Crippen molar-refractivity contribution in [3.8, 4) is 0 Å². The summed E-state index contributed by atoms with van der Waals surface area (Å²) in [6, 6.07) is 5.63. The van der Waals surface area contributed by atoms with E-state index in [0.29, 0.717) is 0 Å². The molecule has 1 aromatic carbocycles. The Bertz CT molecular complexity index is 406. The van der Waals surface area contributed by atoms with Gasteiger partial charge in [0.2, 0.25) is 0 Å². The predicted octanol–water partition coefficient (Wildman–Crippen LogP) is 3.15. The molecule has 1 aromatic rings. The standard InChI is InChI=1S/C10H8BrF3O3/c11-7-4-2-1-3-6(7)9(10(12,13)14)17-5-8(15)16/h1-4,9H,5H2,(H,15,16). The van der Waals surface area contributed by atoms with Crippen molar-refractivity contribution in [2.45, 2.75) is 12.3 Å². The van der Waals surface area contributed by atoms with Gasteiger partial charge < -0.3 is 9.84 Å². The fourth-order valence-electron chi connectivity index (χ4n) is 1.20. The summed E-state index contributed by atoms with van der Waals surface area (Å²) in [6.07, 6.45) is -6.92. The van der Waals surface area contributed by atoms with Crippen molar-refractivity contribution in [3.05, 3.63) is 34.3 Å². The fraction of sp³-hybridized carbons (Fsp3) is 0.300. The van der Waals surface area contributed by atoms with Gasteiger partial charge in [0.1, 0.15) is 6.61 Å². The number of hydrogen-bond donors (Lipinski definition) is 1. The highest BCUT2D eigenvalue weighted by Gasteiger charge is 2.43. The Morgan fingerprint density at radius 3 is 2.47 bits per heavy atom. The highest BCUT2D eigenvalue weighted by molar-refractivity contribution is 9.10. The van der Waals surface area contributed by atoms with E-state index in [1.807, 2.05) is 0 Å². The van der Waals surface area contributed by atoms with Gasteiger partial charge in [-0.05, 0) is 6.07 Å². The van der Waals surface area contributed by atoms with Crippen molar-refractivity contribution < 1.29 is 27.8 Å². The number of aliphatic carboxylic acids is 1. The molecule has 1 unspecified atom stereocenters. The lowest BCUT2D eigenvalue weighted by Gasteiger charge is -2.21. The lowest BCUT2D eigenvalue weighted by Crippen LogP contribution is -2.26. The van der Waals surface area contributed by atoms with Crippen LogP contribution < -0.4 is 0 Å². The molecule has 0 fully saturated rings. The van der Waals surface area contributed by atoms with Gasteiger partial charge >= 0.3 is 12.1 Å². The van der Waals surface area contributed by atoms with Gasteiger partial charge in [-0.2, -0.15) is 13.2 Å². The molecule has 0 amide bonds. The van der Waals surface area contributed by atoms with Crippen LogP contribution in [0.3, 0.4) is 0 Å². The molecule has 1 atom stereocenters. The SMILES string of the molecule is O=C(O)COC(c1ccccc1Br)C(F)(F)F. The maximum Gasteiger partial charge on any atom is 0.418 e. The molecular formula is C10H8BrF3O3. The quantitative estimate of drug-likeness (QED) is 0.929. The van der Waals surface area contributed by atoms with Gasteiger partial charge in [0.05, 0.1) is 0 Å². The minimum Gasteiger partial charge on any atom is -0.480 e. The normalized spacial score (nSPS) is 13.4. The molecule has 0 heterocycles. The monoisotopic (exact) mass is 312 g/mol. The van der Waals surface area contributed by atoms with Crippen LogP contribution in [-0.4, -0.2) is 23.9 Å². The lowest BCUT2D eigenvalue weighted by molar-refractivity contribution is -0.225. The van der Waals surface area contributed by atoms with Crippen LogP contribution in [0.2, 0.25) is 0 Å². The number of rotatable bonds is 4. The van der Waals surface area contributed by atoms with E-state index in [1.165, 1.54) is 18.2 Å². The van der Waals surface area contributed by atoms with Gasteiger partial charge in [-0.25, -0.2) is 4.79 Å². The molecule has 94 valence electrons. The Kier molecular flexibility index (Phi) is 4.53. The van der Waals surface area contributed by atoms with Crippen LogP contribution in [-0.2, 0) is 9.53 Å². The molecule has 0 saturated carbocycles. The average Bonchev–Trinajstić information content (AvgIpc) is 2.18. The van der Waals surface area contributed by atoms with E-state index in [4.69, 9.17) is 5.11 Å². The first kappa shape index (κ1) is 14.0. The third-order valence-corrected chi connectivity index (χ3v) is 2.58. The minimum absolute atomic E-state index is 0.152. The summed E-state index contributed by atoms with van der Waals surface area (Å²) in [5, 5.41) is 8.34. The van der Waals surface area contributed by atoms with Crippen molar-refractivity contribution >= 4 is 21.9 Å². The number of benzene rings is 1. The molecule has 0 bridgehead atoms. The minimum atomic E-state index is -4.67. The number of hydrogen-bond acceptors (Lipinski definition) is 2. The number of carboxylic acids is 1. The van der Waals surface area contributed by atoms with Crippen LogP contribution >= 0.6 is 15.9 Å². The van der Waals surface area contributed by atoms with Crippen LogP contribution in [0.5, 0.6) is 0 Å². The number of ether oxygens (including phenoxy) is 1. The molecule has 0 aliphatic carbocycles. The van der Waals surface area contributed by atoms with Crippen molar-refractivity contribution in [3.63, 3.8) is 0 Å². The van der Waals surface area contributed by atoms with Crippen LogP contribution in [0.25, 0.3) is 0 Å². The topological polar surface area (TPSA) is 46.5 Å². The second-order valence-electron chi connectivity index (χ2n) is 3.15. The van der Waals surface area contributed by atoms with Crippen molar-refractivity contribution in [2.75, 3.05) is 6.61 Å². The molecule has 7 heteroatoms. The van der Waals surface area contributed by atoms with E-state index in [9.17, 15) is 18.0 Å². The summed E-state index contributed by atoms with van der Waals surface area (Å²) >= 11 is 2.97. The number of halogens is 4. The zero-order valence-electron chi connectivity index (χ0n) is 8.37. The smallest absolute Gasteiger partial charge is 0.418 e. The summed E-state index contributed by atoms with van der Waals surface area (Å²) in [7, 11) is 0. The predicted molar refractivity (Wildman–Crippen MR) is 56.5 cm³/mol. The number of alkyl halides is 3. The molecule has 17 heavy (non-hydrogen) atoms. The fourth-order valence-corrected chi connectivity index (χ4v) is 1.70. The second kappa shape index (κ2) is 5.50. The third-order valence-electron chi connectivity index (χ3n) is 1.86. The molecule has 3 nitrogen and oxygen atoms in total. The van der Waals surface area contributed by atoms with E-state index >= 15 is 0 Å². The van der Waals surface area contributed by atoms with Crippen molar-refractivity contribution in [2.24, 2.45) is 0 Å². The van der Waals surface area contributed by atoms with Crippen molar-refractivity contribution in [1.29, 1.82) is 0 Å². The second-order valence-corrected chi connectivity index (χ2v) is 4.00. The van der Waals surface area contributed by atoms with Gasteiger partial charge in [-0.3, -0.25) is 0 Å². The van der Waals surface area contributed by atoms with Gasteiger partial charge in [-0.15, -0.1) is 0 Å². The van der Waals surface area contributed by atoms with Gasteiger partial charge in [-0.1, -0.05) is 34.1 Å². The molecular weight excluding hydrogens is 305 g/mol. The zero-order chi connectivity index (χ0) is 13.1. The van der Waals surface area contributed by atoms with E-state index in [0.717, 1.165) is 0 Å². The van der Waals surface area contributed by atoms with Crippen LogP contribution in [0.1, 0.15) is 11.7 Å². The van der Waals surface area contributed by atoms with Gasteiger partial charge in [0.25, 0.3) is 0 Å². The Balaban J connectivity index is 2.99. The Labute approximate surface area is 103 Å². The van der Waals surface area contributed by atoms with E-state index in [-0.39, 0.29) is 10.0 Å². The third kappa shape index (κ3) is 4.01. The number of carbonyl (C=O) groups is 1. The average molecular weight is 313 g/mol. The Hall–Kier alpha value is -1.08. The van der Waals surface area contributed by atoms with E-state index in [2.05, 4.69) is 20.7 Å². The molecule has 0 aliphatic heterocycles. The van der Waals surface area contributed by atoms with Gasteiger partial charge in [0, 0.05) is 10.0 Å². The summed E-state index contributed by atoms with van der Waals surface area (Å²) in [4.78, 5) is 10.2. The largest absolute Gasteiger partial charge is 0.480 e.